The Morgan fingerprint density at radius 2 is 1.42 bits per heavy atom. The average molecular weight is 488 g/mol. The summed E-state index contributed by atoms with van der Waals surface area (Å²) in [6.07, 6.45) is 1.49. The van der Waals surface area contributed by atoms with E-state index >= 15 is 0 Å². The maximum Gasteiger partial charge on any atom is 0.171 e. The topological polar surface area (TPSA) is 40.2 Å². The molecule has 2 heterocycles. The largest absolute Gasteiger partial charge is 0.374 e. The molecule has 0 unspecified atom stereocenters. The molecule has 2 aliphatic heterocycles. The molecular formula is C31H37NO4. The van der Waals surface area contributed by atoms with Crippen LogP contribution in [0.25, 0.3) is 0 Å². The maximum atomic E-state index is 6.65. The summed E-state index contributed by atoms with van der Waals surface area (Å²) in [5.74, 6) is -0.522. The summed E-state index contributed by atoms with van der Waals surface area (Å²) in [6, 6.07) is 31.7. The molecule has 0 aromatic heterocycles. The number of rotatable bonds is 10. The van der Waals surface area contributed by atoms with E-state index in [0.29, 0.717) is 33.0 Å². The van der Waals surface area contributed by atoms with Crippen molar-refractivity contribution >= 4 is 0 Å². The van der Waals surface area contributed by atoms with Gasteiger partial charge in [-0.2, -0.15) is 0 Å². The summed E-state index contributed by atoms with van der Waals surface area (Å²) in [4.78, 5) is 2.56. The molecule has 2 saturated heterocycles. The molecule has 5 nitrogen and oxygen atoms in total. The summed E-state index contributed by atoms with van der Waals surface area (Å²) < 4.78 is 25.3. The van der Waals surface area contributed by atoms with E-state index in [1.807, 2.05) is 24.3 Å². The van der Waals surface area contributed by atoms with Crippen LogP contribution in [-0.4, -0.2) is 49.2 Å². The van der Waals surface area contributed by atoms with E-state index in [1.165, 1.54) is 5.56 Å². The smallest absolute Gasteiger partial charge is 0.171 e. The number of hydrogen-bond donors (Lipinski definition) is 0. The molecule has 3 aromatic carbocycles. The standard InChI is InChI=1S/C31H37NO4/c1-25(28-15-9-4-10-16-28)32-18-17-31(35-19-20-36-31)21-29(32)30(34-23-27-13-7-3-8-14-27)24-33-22-26-11-5-2-6-12-26/h2-16,25,29-30H,17-24H2,1H3/t25-,29+,30+/m0/s1. The van der Waals surface area contributed by atoms with E-state index in [0.717, 1.165) is 30.5 Å². The maximum absolute atomic E-state index is 6.65. The Morgan fingerprint density at radius 1 is 0.833 bits per heavy atom. The Morgan fingerprint density at radius 3 is 2.06 bits per heavy atom. The molecule has 0 N–H and O–H groups in total. The molecule has 36 heavy (non-hydrogen) atoms. The van der Waals surface area contributed by atoms with Gasteiger partial charge in [0.2, 0.25) is 0 Å². The van der Waals surface area contributed by atoms with Gasteiger partial charge in [-0.1, -0.05) is 91.0 Å². The summed E-state index contributed by atoms with van der Waals surface area (Å²) in [6.45, 7) is 6.08. The van der Waals surface area contributed by atoms with Crippen LogP contribution in [0.5, 0.6) is 0 Å². The minimum atomic E-state index is -0.522. The van der Waals surface area contributed by atoms with Gasteiger partial charge in [-0.05, 0) is 23.6 Å². The molecule has 5 heteroatoms. The van der Waals surface area contributed by atoms with Crippen molar-refractivity contribution in [2.45, 2.75) is 57.0 Å². The summed E-state index contributed by atoms with van der Waals surface area (Å²) in [5, 5.41) is 0. The molecule has 0 saturated carbocycles. The van der Waals surface area contributed by atoms with Crippen molar-refractivity contribution in [2.24, 2.45) is 0 Å². The van der Waals surface area contributed by atoms with Gasteiger partial charge in [-0.15, -0.1) is 0 Å². The Bertz CT molecular complexity index is 1040. The van der Waals surface area contributed by atoms with Gasteiger partial charge in [0, 0.05) is 31.5 Å². The lowest BCUT2D eigenvalue weighted by Gasteiger charge is -2.48. The molecular weight excluding hydrogens is 450 g/mol. The first-order valence-corrected chi connectivity index (χ1v) is 13.1. The van der Waals surface area contributed by atoms with Crippen molar-refractivity contribution in [3.05, 3.63) is 108 Å². The van der Waals surface area contributed by atoms with E-state index in [9.17, 15) is 0 Å². The molecule has 0 amide bonds. The molecule has 0 bridgehead atoms. The number of hydrogen-bond acceptors (Lipinski definition) is 5. The van der Waals surface area contributed by atoms with Gasteiger partial charge in [0.15, 0.2) is 5.79 Å². The quantitative estimate of drug-likeness (QED) is 0.364. The van der Waals surface area contributed by atoms with Crippen LogP contribution in [0.3, 0.4) is 0 Å². The molecule has 3 atom stereocenters. The predicted octanol–water partition coefficient (Wildman–Crippen LogP) is 5.76. The molecule has 3 aromatic rings. The van der Waals surface area contributed by atoms with Crippen molar-refractivity contribution in [1.29, 1.82) is 0 Å². The number of nitrogens with zero attached hydrogens (tertiary/aromatic N) is 1. The second kappa shape index (κ2) is 12.1. The SMILES string of the molecule is C[C@@H](c1ccccc1)N1CCC2(C[C@@H]1[C@@H](COCc1ccccc1)OCc1ccccc1)OCCO2. The number of ether oxygens (including phenoxy) is 4. The van der Waals surface area contributed by atoms with Crippen LogP contribution in [0.15, 0.2) is 91.0 Å². The second-order valence-electron chi connectivity index (χ2n) is 9.79. The van der Waals surface area contributed by atoms with Crippen molar-refractivity contribution in [2.75, 3.05) is 26.4 Å². The zero-order valence-corrected chi connectivity index (χ0v) is 21.1. The second-order valence-corrected chi connectivity index (χ2v) is 9.79. The molecule has 1 spiro atoms. The molecule has 2 aliphatic rings. The molecule has 0 aliphatic carbocycles. The summed E-state index contributed by atoms with van der Waals surface area (Å²) in [5.41, 5.74) is 3.63. The Kier molecular flexibility index (Phi) is 8.47. The molecule has 5 rings (SSSR count). The van der Waals surface area contributed by atoms with Gasteiger partial charge in [-0.3, -0.25) is 4.90 Å². The van der Waals surface area contributed by atoms with Crippen LogP contribution in [-0.2, 0) is 32.2 Å². The Labute approximate surface area is 214 Å². The van der Waals surface area contributed by atoms with Gasteiger partial charge < -0.3 is 18.9 Å². The van der Waals surface area contributed by atoms with Gasteiger partial charge in [0.05, 0.1) is 39.1 Å². The highest BCUT2D eigenvalue weighted by Gasteiger charge is 2.48. The first kappa shape index (κ1) is 25.1. The summed E-state index contributed by atoms with van der Waals surface area (Å²) >= 11 is 0. The highest BCUT2D eigenvalue weighted by Crippen LogP contribution is 2.40. The third-order valence-corrected chi connectivity index (χ3v) is 7.42. The molecule has 190 valence electrons. The van der Waals surface area contributed by atoms with Gasteiger partial charge in [0.1, 0.15) is 0 Å². The minimum Gasteiger partial charge on any atom is -0.374 e. The number of piperidine rings is 1. The fourth-order valence-corrected chi connectivity index (χ4v) is 5.43. The fraction of sp³-hybridized carbons (Fsp3) is 0.419. The van der Waals surface area contributed by atoms with E-state index in [2.05, 4.69) is 78.6 Å². The monoisotopic (exact) mass is 487 g/mol. The highest BCUT2D eigenvalue weighted by atomic mass is 16.7. The first-order valence-electron chi connectivity index (χ1n) is 13.1. The molecule has 2 fully saturated rings. The zero-order chi connectivity index (χ0) is 24.6. The summed E-state index contributed by atoms with van der Waals surface area (Å²) in [7, 11) is 0. The van der Waals surface area contributed by atoms with Crippen LogP contribution in [0.1, 0.15) is 42.5 Å². The van der Waals surface area contributed by atoms with Crippen LogP contribution < -0.4 is 0 Å². The zero-order valence-electron chi connectivity index (χ0n) is 21.1. The number of likely N-dealkylation sites (tertiary alicyclic amines) is 1. The minimum absolute atomic E-state index is 0.0894. The third-order valence-electron chi connectivity index (χ3n) is 7.42. The lowest BCUT2D eigenvalue weighted by Crippen LogP contribution is -2.57. The van der Waals surface area contributed by atoms with Crippen LogP contribution in [0, 0.1) is 0 Å². The Hall–Kier alpha value is -2.54. The predicted molar refractivity (Wildman–Crippen MR) is 140 cm³/mol. The lowest BCUT2D eigenvalue weighted by molar-refractivity contribution is -0.216. The lowest BCUT2D eigenvalue weighted by atomic mass is 9.89. The van der Waals surface area contributed by atoms with E-state index < -0.39 is 5.79 Å². The molecule has 0 radical (unpaired) electrons. The van der Waals surface area contributed by atoms with Gasteiger partial charge in [0.25, 0.3) is 0 Å². The average Bonchev–Trinajstić information content (AvgIpc) is 3.39. The van der Waals surface area contributed by atoms with E-state index in [1.54, 1.807) is 0 Å². The number of benzene rings is 3. The fourth-order valence-electron chi connectivity index (χ4n) is 5.43. The van der Waals surface area contributed by atoms with Crippen molar-refractivity contribution < 1.29 is 18.9 Å². The van der Waals surface area contributed by atoms with E-state index in [4.69, 9.17) is 18.9 Å². The van der Waals surface area contributed by atoms with Crippen LogP contribution in [0.4, 0.5) is 0 Å². The normalized spacial score (nSPS) is 21.4. The van der Waals surface area contributed by atoms with Gasteiger partial charge in [-0.25, -0.2) is 0 Å². The first-order chi connectivity index (χ1) is 17.7. The highest BCUT2D eigenvalue weighted by molar-refractivity contribution is 5.19. The van der Waals surface area contributed by atoms with Crippen LogP contribution in [0.2, 0.25) is 0 Å². The van der Waals surface area contributed by atoms with Crippen LogP contribution >= 0.6 is 0 Å². The Balaban J connectivity index is 1.38. The van der Waals surface area contributed by atoms with Crippen molar-refractivity contribution in [3.8, 4) is 0 Å². The van der Waals surface area contributed by atoms with Crippen molar-refractivity contribution in [1.82, 2.24) is 4.90 Å². The van der Waals surface area contributed by atoms with Crippen molar-refractivity contribution in [3.63, 3.8) is 0 Å². The van der Waals surface area contributed by atoms with E-state index in [-0.39, 0.29) is 18.2 Å². The van der Waals surface area contributed by atoms with Gasteiger partial charge >= 0.3 is 0 Å². The third kappa shape index (κ3) is 6.23.